The van der Waals surface area contributed by atoms with Crippen molar-refractivity contribution in [2.45, 2.75) is 0 Å². The summed E-state index contributed by atoms with van der Waals surface area (Å²) in [7, 11) is 0. The van der Waals surface area contributed by atoms with Crippen molar-refractivity contribution in [3.63, 3.8) is 0 Å². The van der Waals surface area contributed by atoms with E-state index < -0.39 is 0 Å². The summed E-state index contributed by atoms with van der Waals surface area (Å²) < 4.78 is 5.23. The first kappa shape index (κ1) is 12.0. The summed E-state index contributed by atoms with van der Waals surface area (Å²) in [6.07, 6.45) is 0. The molecule has 102 valence electrons. The molecular weight excluding hydrogens is 286 g/mol. The highest BCUT2D eigenvalue weighted by molar-refractivity contribution is 7.13. The van der Waals surface area contributed by atoms with Gasteiger partial charge in [0.2, 0.25) is 5.82 Å². The topological polar surface area (TPSA) is 71.8 Å². The third-order valence-corrected chi connectivity index (χ3v) is 4.01. The van der Waals surface area contributed by atoms with Gasteiger partial charge >= 0.3 is 0 Å². The van der Waals surface area contributed by atoms with Crippen molar-refractivity contribution in [2.24, 2.45) is 0 Å². The molecule has 0 unspecified atom stereocenters. The fourth-order valence-corrected chi connectivity index (χ4v) is 2.79. The van der Waals surface area contributed by atoms with Gasteiger partial charge in [0.05, 0.1) is 10.4 Å². The average Bonchev–Trinajstić information content (AvgIpc) is 3.17. The molecule has 0 radical (unpaired) electrons. The third-order valence-electron chi connectivity index (χ3n) is 3.15. The summed E-state index contributed by atoms with van der Waals surface area (Å²) in [4.78, 5) is 20.2. The van der Waals surface area contributed by atoms with E-state index in [0.717, 1.165) is 15.8 Å². The molecular formula is C15H9N3O2S. The minimum Gasteiger partial charge on any atom is -0.333 e. The van der Waals surface area contributed by atoms with Gasteiger partial charge in [-0.25, -0.2) is 0 Å². The molecule has 6 heteroatoms. The number of thiophene rings is 1. The van der Waals surface area contributed by atoms with E-state index in [1.165, 1.54) is 11.3 Å². The number of benzene rings is 1. The molecule has 0 fully saturated rings. The molecule has 0 atom stereocenters. The molecule has 21 heavy (non-hydrogen) atoms. The Hall–Kier alpha value is -2.73. The first-order valence-electron chi connectivity index (χ1n) is 6.31. The number of pyridine rings is 1. The molecule has 4 aromatic rings. The van der Waals surface area contributed by atoms with Crippen LogP contribution < -0.4 is 5.56 Å². The summed E-state index contributed by atoms with van der Waals surface area (Å²) in [5.41, 5.74) is 0.959. The zero-order chi connectivity index (χ0) is 14.2. The van der Waals surface area contributed by atoms with Gasteiger partial charge in [-0.05, 0) is 29.0 Å². The Morgan fingerprint density at radius 3 is 2.90 bits per heavy atom. The molecule has 5 nitrogen and oxygen atoms in total. The summed E-state index contributed by atoms with van der Waals surface area (Å²) in [6.45, 7) is 0. The lowest BCUT2D eigenvalue weighted by Gasteiger charge is -1.98. The van der Waals surface area contributed by atoms with Gasteiger partial charge in [0.1, 0.15) is 0 Å². The quantitative estimate of drug-likeness (QED) is 0.616. The minimum absolute atomic E-state index is 0.229. The van der Waals surface area contributed by atoms with Gasteiger partial charge in [-0.1, -0.05) is 29.4 Å². The van der Waals surface area contributed by atoms with Gasteiger partial charge in [0.15, 0.2) is 0 Å². The zero-order valence-electron chi connectivity index (χ0n) is 10.7. The summed E-state index contributed by atoms with van der Waals surface area (Å²) >= 11 is 1.51. The monoisotopic (exact) mass is 295 g/mol. The maximum atomic E-state index is 12.2. The highest BCUT2D eigenvalue weighted by Crippen LogP contribution is 2.25. The van der Waals surface area contributed by atoms with Crippen molar-refractivity contribution in [1.29, 1.82) is 0 Å². The molecule has 3 heterocycles. The molecule has 1 aromatic carbocycles. The smallest absolute Gasteiger partial charge is 0.268 e. The Kier molecular flexibility index (Phi) is 2.68. The molecule has 0 amide bonds. The van der Waals surface area contributed by atoms with Crippen LogP contribution >= 0.6 is 11.3 Å². The van der Waals surface area contributed by atoms with Crippen molar-refractivity contribution in [3.05, 3.63) is 58.2 Å². The second-order valence-electron chi connectivity index (χ2n) is 4.50. The second kappa shape index (κ2) is 4.68. The molecule has 1 N–H and O–H groups in total. The van der Waals surface area contributed by atoms with Crippen LogP contribution in [-0.2, 0) is 0 Å². The Morgan fingerprint density at radius 2 is 2.05 bits per heavy atom. The first-order chi connectivity index (χ1) is 10.3. The van der Waals surface area contributed by atoms with Crippen LogP contribution in [0.15, 0.2) is 57.2 Å². The molecule has 0 aliphatic heterocycles. The number of para-hydroxylation sites is 1. The van der Waals surface area contributed by atoms with Gasteiger partial charge in [0.25, 0.3) is 11.4 Å². The minimum atomic E-state index is -0.229. The highest BCUT2D eigenvalue weighted by Gasteiger charge is 2.14. The SMILES string of the molecule is O=c1[nH]c2ccccc2cc1-c1noc(-c2cccs2)n1. The molecule has 0 aliphatic carbocycles. The number of aromatic amines is 1. The number of fused-ring (bicyclic) bond motifs is 1. The molecule has 4 rings (SSSR count). The van der Waals surface area contributed by atoms with Crippen molar-refractivity contribution in [1.82, 2.24) is 15.1 Å². The zero-order valence-corrected chi connectivity index (χ0v) is 11.6. The number of hydrogen-bond donors (Lipinski definition) is 1. The van der Waals surface area contributed by atoms with Crippen LogP contribution in [0, 0.1) is 0 Å². The maximum absolute atomic E-state index is 12.2. The van der Waals surface area contributed by atoms with Crippen LogP contribution in [0.5, 0.6) is 0 Å². The molecule has 0 spiro atoms. The number of aromatic nitrogens is 3. The van der Waals surface area contributed by atoms with Crippen LogP contribution in [-0.4, -0.2) is 15.1 Å². The predicted octanol–water partition coefficient (Wildman–Crippen LogP) is 3.31. The molecule has 0 saturated carbocycles. The lowest BCUT2D eigenvalue weighted by atomic mass is 10.1. The van der Waals surface area contributed by atoms with Gasteiger partial charge in [-0.2, -0.15) is 4.98 Å². The van der Waals surface area contributed by atoms with Crippen molar-refractivity contribution >= 4 is 22.2 Å². The highest BCUT2D eigenvalue weighted by atomic mass is 32.1. The van der Waals surface area contributed by atoms with E-state index in [-0.39, 0.29) is 5.56 Å². The van der Waals surface area contributed by atoms with Gasteiger partial charge in [-0.3, -0.25) is 4.79 Å². The number of rotatable bonds is 2. The van der Waals surface area contributed by atoms with Crippen molar-refractivity contribution in [2.75, 3.05) is 0 Å². The summed E-state index contributed by atoms with van der Waals surface area (Å²) in [6, 6.07) is 13.2. The fourth-order valence-electron chi connectivity index (χ4n) is 2.15. The second-order valence-corrected chi connectivity index (χ2v) is 5.45. The van der Waals surface area contributed by atoms with Crippen LogP contribution in [0.1, 0.15) is 0 Å². The van der Waals surface area contributed by atoms with Crippen LogP contribution in [0.4, 0.5) is 0 Å². The third kappa shape index (κ3) is 2.05. The summed E-state index contributed by atoms with van der Waals surface area (Å²) in [5, 5.41) is 6.77. The van der Waals surface area contributed by atoms with E-state index in [2.05, 4.69) is 15.1 Å². The standard InChI is InChI=1S/C15H9N3O2S/c19-14-10(8-9-4-1-2-5-11(9)16-14)13-17-15(20-18-13)12-6-3-7-21-12/h1-8H,(H,16,19). The van der Waals surface area contributed by atoms with E-state index in [1.807, 2.05) is 41.8 Å². The van der Waals surface area contributed by atoms with E-state index >= 15 is 0 Å². The predicted molar refractivity (Wildman–Crippen MR) is 81.2 cm³/mol. The molecule has 3 aromatic heterocycles. The molecule has 0 aliphatic rings. The van der Waals surface area contributed by atoms with E-state index in [0.29, 0.717) is 17.3 Å². The molecule has 0 saturated heterocycles. The van der Waals surface area contributed by atoms with Crippen LogP contribution in [0.3, 0.4) is 0 Å². The number of hydrogen-bond acceptors (Lipinski definition) is 5. The number of nitrogens with zero attached hydrogens (tertiary/aromatic N) is 2. The number of H-pyrrole nitrogens is 1. The largest absolute Gasteiger partial charge is 0.333 e. The Labute approximate surface area is 122 Å². The molecule has 0 bridgehead atoms. The van der Waals surface area contributed by atoms with Crippen LogP contribution in [0.25, 0.3) is 33.1 Å². The van der Waals surface area contributed by atoms with Crippen LogP contribution in [0.2, 0.25) is 0 Å². The van der Waals surface area contributed by atoms with Gasteiger partial charge < -0.3 is 9.51 Å². The normalized spacial score (nSPS) is 11.0. The van der Waals surface area contributed by atoms with Crippen molar-refractivity contribution in [3.8, 4) is 22.2 Å². The van der Waals surface area contributed by atoms with E-state index in [4.69, 9.17) is 4.52 Å². The lowest BCUT2D eigenvalue weighted by molar-refractivity contribution is 0.433. The fraction of sp³-hybridized carbons (Fsp3) is 0. The Balaban J connectivity index is 1.87. The van der Waals surface area contributed by atoms with Crippen molar-refractivity contribution < 1.29 is 4.52 Å². The first-order valence-corrected chi connectivity index (χ1v) is 7.19. The van der Waals surface area contributed by atoms with Gasteiger partial charge in [0, 0.05) is 5.52 Å². The Morgan fingerprint density at radius 1 is 1.14 bits per heavy atom. The van der Waals surface area contributed by atoms with E-state index in [1.54, 1.807) is 6.07 Å². The summed E-state index contributed by atoms with van der Waals surface area (Å²) in [5.74, 6) is 0.720. The Bertz CT molecular complexity index is 970. The average molecular weight is 295 g/mol. The lowest BCUT2D eigenvalue weighted by Crippen LogP contribution is -2.09. The maximum Gasteiger partial charge on any atom is 0.268 e. The number of nitrogens with one attached hydrogen (secondary N) is 1. The van der Waals surface area contributed by atoms with Gasteiger partial charge in [-0.15, -0.1) is 11.3 Å². The van der Waals surface area contributed by atoms with E-state index in [9.17, 15) is 4.79 Å².